The van der Waals surface area contributed by atoms with E-state index in [0.29, 0.717) is 0 Å². The number of hydrogen-bond donors (Lipinski definition) is 3. The van der Waals surface area contributed by atoms with E-state index >= 15 is 0 Å². The van der Waals surface area contributed by atoms with Gasteiger partial charge in [0.15, 0.2) is 0 Å². The maximum Gasteiger partial charge on any atom is 0.346 e. The molecule has 0 bridgehead atoms. The van der Waals surface area contributed by atoms with E-state index in [1.54, 1.807) is 0 Å². The Morgan fingerprint density at radius 1 is 1.17 bits per heavy atom. The van der Waals surface area contributed by atoms with Crippen molar-refractivity contribution in [1.29, 1.82) is 0 Å². The van der Waals surface area contributed by atoms with Gasteiger partial charge in [0.25, 0.3) is 0 Å². The molecule has 0 fully saturated rings. The van der Waals surface area contributed by atoms with Crippen molar-refractivity contribution in [3.05, 3.63) is 34.7 Å². The molecule has 0 aliphatic heterocycles. The summed E-state index contributed by atoms with van der Waals surface area (Å²) in [5, 5.41) is 2.85. The van der Waals surface area contributed by atoms with Crippen LogP contribution in [0.25, 0.3) is 0 Å². The van der Waals surface area contributed by atoms with E-state index in [4.69, 9.17) is 4.55 Å². The van der Waals surface area contributed by atoms with Crippen molar-refractivity contribution in [2.75, 3.05) is 0 Å². The average molecular weight is 188 g/mol. The monoisotopic (exact) mass is 188 g/mol. The van der Waals surface area contributed by atoms with E-state index in [2.05, 4.69) is 30.1 Å². The molecule has 12 heavy (non-hydrogen) atoms. The van der Waals surface area contributed by atoms with E-state index in [1.165, 1.54) is 10.4 Å². The highest BCUT2D eigenvalue weighted by molar-refractivity contribution is 7.83. The summed E-state index contributed by atoms with van der Waals surface area (Å²) in [7, 11) is -4.13. The first kappa shape index (κ1) is 9.14. The van der Waals surface area contributed by atoms with E-state index in [-0.39, 0.29) is 0 Å². The molecule has 2 aliphatic carbocycles. The zero-order valence-electron chi connectivity index (χ0n) is 6.06. The molecular formula is C6H8N2O3S. The quantitative estimate of drug-likeness (QED) is 0.321. The van der Waals surface area contributed by atoms with Crippen molar-refractivity contribution >= 4 is 10.3 Å². The zero-order chi connectivity index (χ0) is 9.19. The van der Waals surface area contributed by atoms with Crippen molar-refractivity contribution in [1.82, 2.24) is 4.83 Å². The summed E-state index contributed by atoms with van der Waals surface area (Å²) >= 11 is 0. The highest BCUT2D eigenvalue weighted by atomic mass is 32.2. The molecule has 0 aromatic carbocycles. The van der Waals surface area contributed by atoms with Crippen molar-refractivity contribution in [3.63, 3.8) is 0 Å². The van der Waals surface area contributed by atoms with Crippen LogP contribution in [0.1, 0.15) is 0 Å². The minimum absolute atomic E-state index is 1.13. The number of nitrogens with two attached hydrogens (primary N) is 1. The van der Waals surface area contributed by atoms with Gasteiger partial charge in [0, 0.05) is 0 Å². The second kappa shape index (κ2) is 3.20. The summed E-state index contributed by atoms with van der Waals surface area (Å²) in [6.07, 6.45) is 0. The Morgan fingerprint density at radius 3 is 1.42 bits per heavy atom. The summed E-state index contributed by atoms with van der Waals surface area (Å²) < 4.78 is 26.2. The van der Waals surface area contributed by atoms with Crippen molar-refractivity contribution < 1.29 is 13.0 Å². The van der Waals surface area contributed by atoms with Gasteiger partial charge in [-0.05, 0) is 10.4 Å². The van der Waals surface area contributed by atoms with Gasteiger partial charge in [-0.25, -0.2) is 0 Å². The Balaban J connectivity index is 0.000000120. The summed E-state index contributed by atoms with van der Waals surface area (Å²) in [6.45, 7) is 0. The minimum atomic E-state index is -4.13. The third-order valence-corrected chi connectivity index (χ3v) is 1.67. The lowest BCUT2D eigenvalue weighted by atomic mass is 10.1. The molecule has 4 N–H and O–H groups in total. The molecule has 0 aromatic heterocycles. The Kier molecular flexibility index (Phi) is 2.43. The number of hydrogen-bond acceptors (Lipinski definition) is 3. The molecule has 2 aliphatic rings. The topological polar surface area (TPSA) is 92.4 Å². The average Bonchev–Trinajstić information content (AvgIpc) is 1.96. The fourth-order valence-electron chi connectivity index (χ4n) is 0.663. The number of benzene rings is 1. The van der Waals surface area contributed by atoms with E-state index in [9.17, 15) is 8.42 Å². The van der Waals surface area contributed by atoms with E-state index in [1.807, 2.05) is 0 Å². The SMILES string of the molecule is NNS(=O)(=O)O.c1cc2ccc1=2. The van der Waals surface area contributed by atoms with Crippen LogP contribution in [0.4, 0.5) is 0 Å². The van der Waals surface area contributed by atoms with Crippen LogP contribution in [-0.4, -0.2) is 13.0 Å². The normalized spacial score (nSPS) is 11.5. The summed E-state index contributed by atoms with van der Waals surface area (Å²) in [4.78, 5) is 1.13. The van der Waals surface area contributed by atoms with Crippen LogP contribution >= 0.6 is 0 Å². The molecule has 0 saturated carbocycles. The van der Waals surface area contributed by atoms with Crippen LogP contribution in [0, 0.1) is 10.4 Å². The molecule has 66 valence electrons. The maximum absolute atomic E-state index is 9.32. The van der Waals surface area contributed by atoms with Crippen molar-refractivity contribution in [2.24, 2.45) is 5.84 Å². The van der Waals surface area contributed by atoms with Crippen molar-refractivity contribution in [2.45, 2.75) is 0 Å². The van der Waals surface area contributed by atoms with Gasteiger partial charge >= 0.3 is 10.3 Å². The van der Waals surface area contributed by atoms with Gasteiger partial charge in [-0.3, -0.25) is 10.4 Å². The summed E-state index contributed by atoms with van der Waals surface area (Å²) in [5.41, 5.74) is 0. The fourth-order valence-corrected chi connectivity index (χ4v) is 0.663. The Bertz CT molecular complexity index is 404. The van der Waals surface area contributed by atoms with Gasteiger partial charge in [0.2, 0.25) is 0 Å². The minimum Gasteiger partial charge on any atom is -0.273 e. The number of nitrogens with one attached hydrogen (secondary N) is 1. The standard InChI is InChI=1S/C6H4.H4N2O3S/c1-2-6-4-3-5(1)6;1-2-6(3,4)5/h1-4H;2H,1H2,(H,3,4,5). The highest BCUT2D eigenvalue weighted by Gasteiger charge is 1.92. The van der Waals surface area contributed by atoms with Crippen LogP contribution in [-0.2, 0) is 10.3 Å². The van der Waals surface area contributed by atoms with Gasteiger partial charge in [-0.15, -0.1) is 4.83 Å². The highest BCUT2D eigenvalue weighted by Crippen LogP contribution is 2.04. The predicted molar refractivity (Wildman–Crippen MR) is 43.0 cm³/mol. The lowest BCUT2D eigenvalue weighted by Gasteiger charge is -1.95. The van der Waals surface area contributed by atoms with Crippen LogP contribution in [0.15, 0.2) is 24.3 Å². The molecule has 5 nitrogen and oxygen atoms in total. The van der Waals surface area contributed by atoms with E-state index < -0.39 is 10.3 Å². The molecule has 0 radical (unpaired) electrons. The summed E-state index contributed by atoms with van der Waals surface area (Å²) in [6, 6.07) is 8.48. The molecule has 6 heteroatoms. The van der Waals surface area contributed by atoms with Gasteiger partial charge in [0.05, 0.1) is 0 Å². The Morgan fingerprint density at radius 2 is 1.42 bits per heavy atom. The first-order chi connectivity index (χ1) is 5.53. The number of hydrazine groups is 1. The molecule has 2 rings (SSSR count). The molecule has 0 saturated heterocycles. The maximum atomic E-state index is 9.32. The fraction of sp³-hybridized carbons (Fsp3) is 0. The Labute approximate surface area is 69.4 Å². The van der Waals surface area contributed by atoms with Crippen LogP contribution < -0.4 is 10.7 Å². The molecule has 0 unspecified atom stereocenters. The van der Waals surface area contributed by atoms with Gasteiger partial charge in [0.1, 0.15) is 0 Å². The van der Waals surface area contributed by atoms with Crippen LogP contribution in [0.2, 0.25) is 0 Å². The smallest absolute Gasteiger partial charge is 0.273 e. The number of rotatable bonds is 1. The zero-order valence-corrected chi connectivity index (χ0v) is 6.88. The van der Waals surface area contributed by atoms with Gasteiger partial charge < -0.3 is 0 Å². The second-order valence-electron chi connectivity index (χ2n) is 2.17. The lowest BCUT2D eigenvalue weighted by Crippen LogP contribution is -2.29. The van der Waals surface area contributed by atoms with E-state index in [0.717, 1.165) is 4.83 Å². The van der Waals surface area contributed by atoms with Gasteiger partial charge in [-0.1, -0.05) is 24.3 Å². The molecule has 0 aromatic rings. The first-order valence-corrected chi connectivity index (χ1v) is 4.52. The van der Waals surface area contributed by atoms with Gasteiger partial charge in [-0.2, -0.15) is 8.42 Å². The lowest BCUT2D eigenvalue weighted by molar-refractivity contribution is 0.469. The van der Waals surface area contributed by atoms with Crippen molar-refractivity contribution in [3.8, 4) is 0 Å². The Hall–Kier alpha value is -0.950. The first-order valence-electron chi connectivity index (χ1n) is 3.08. The molecule has 0 spiro atoms. The predicted octanol–water partition coefficient (Wildman–Crippen LogP) is -0.461. The third-order valence-electron chi connectivity index (χ3n) is 1.37. The molecular weight excluding hydrogens is 180 g/mol. The molecule has 0 atom stereocenters. The van der Waals surface area contributed by atoms with Crippen LogP contribution in [0.3, 0.4) is 0 Å². The van der Waals surface area contributed by atoms with Crippen LogP contribution in [0.5, 0.6) is 0 Å². The third kappa shape index (κ3) is 2.28. The largest absolute Gasteiger partial charge is 0.346 e. The molecule has 0 amide bonds. The second-order valence-corrected chi connectivity index (χ2v) is 3.36. The molecule has 0 heterocycles. The summed E-state index contributed by atoms with van der Waals surface area (Å²) in [5.74, 6) is 4.22.